The molecule has 0 amide bonds. The smallest absolute Gasteiger partial charge is 0.330 e. The fraction of sp³-hybridized carbons (Fsp3) is 0.273. The van der Waals surface area contributed by atoms with Crippen molar-refractivity contribution in [1.82, 2.24) is 0 Å². The number of hydrogen-bond acceptors (Lipinski definition) is 4. The van der Waals surface area contributed by atoms with Crippen LogP contribution in [0.5, 0.6) is 5.75 Å². The van der Waals surface area contributed by atoms with Gasteiger partial charge in [0.15, 0.2) is 0 Å². The predicted molar refractivity (Wildman–Crippen MR) is 106 cm³/mol. The molecule has 4 heteroatoms. The third kappa shape index (κ3) is 6.55. The standard InChI is InChI=1S/C22H25NO3/c1-4-17(2)16-26-22(24)14-9-18-5-10-20(11-6-18)23-15-19-7-12-21(25-3)13-8-19/h5-15,17H,4,16H2,1-3H3/b14-9+,23-15?/t17-/m0/s1. The van der Waals surface area contributed by atoms with Crippen LogP contribution in [0.25, 0.3) is 6.08 Å². The number of ether oxygens (including phenoxy) is 2. The number of carbonyl (C=O) groups is 1. The lowest BCUT2D eigenvalue weighted by Gasteiger charge is -2.07. The van der Waals surface area contributed by atoms with E-state index in [0.717, 1.165) is 29.0 Å². The Morgan fingerprint density at radius 2 is 1.73 bits per heavy atom. The summed E-state index contributed by atoms with van der Waals surface area (Å²) in [6, 6.07) is 15.3. The van der Waals surface area contributed by atoms with Crippen LogP contribution in [-0.2, 0) is 9.53 Å². The quantitative estimate of drug-likeness (QED) is 0.380. The zero-order valence-electron chi connectivity index (χ0n) is 15.5. The topological polar surface area (TPSA) is 47.9 Å². The molecule has 0 N–H and O–H groups in total. The summed E-state index contributed by atoms with van der Waals surface area (Å²) in [6.07, 6.45) is 6.00. The Hall–Kier alpha value is -2.88. The maximum atomic E-state index is 11.7. The van der Waals surface area contributed by atoms with Gasteiger partial charge in [-0.2, -0.15) is 0 Å². The number of methoxy groups -OCH3 is 1. The van der Waals surface area contributed by atoms with Gasteiger partial charge in [0.05, 0.1) is 19.4 Å². The monoisotopic (exact) mass is 351 g/mol. The summed E-state index contributed by atoms with van der Waals surface area (Å²) in [5.41, 5.74) is 2.77. The van der Waals surface area contributed by atoms with E-state index in [2.05, 4.69) is 18.8 Å². The Balaban J connectivity index is 1.89. The first-order valence-corrected chi connectivity index (χ1v) is 8.73. The van der Waals surface area contributed by atoms with Crippen LogP contribution in [0.1, 0.15) is 31.4 Å². The fourth-order valence-electron chi connectivity index (χ4n) is 2.07. The molecule has 0 saturated carbocycles. The van der Waals surface area contributed by atoms with Crippen LogP contribution >= 0.6 is 0 Å². The minimum atomic E-state index is -0.313. The lowest BCUT2D eigenvalue weighted by molar-refractivity contribution is -0.138. The molecular weight excluding hydrogens is 326 g/mol. The van der Waals surface area contributed by atoms with Gasteiger partial charge in [0, 0.05) is 12.3 Å². The van der Waals surface area contributed by atoms with Crippen molar-refractivity contribution in [2.45, 2.75) is 20.3 Å². The van der Waals surface area contributed by atoms with Crippen molar-refractivity contribution in [2.24, 2.45) is 10.9 Å². The van der Waals surface area contributed by atoms with Crippen molar-refractivity contribution in [3.8, 4) is 5.75 Å². The van der Waals surface area contributed by atoms with Crippen LogP contribution in [0.2, 0.25) is 0 Å². The third-order valence-corrected chi connectivity index (χ3v) is 3.99. The van der Waals surface area contributed by atoms with E-state index in [1.165, 1.54) is 6.08 Å². The van der Waals surface area contributed by atoms with Crippen LogP contribution in [0.4, 0.5) is 5.69 Å². The van der Waals surface area contributed by atoms with Gasteiger partial charge in [-0.1, -0.05) is 32.4 Å². The van der Waals surface area contributed by atoms with Crippen LogP contribution in [0, 0.1) is 5.92 Å². The number of esters is 1. The van der Waals surface area contributed by atoms with Crippen molar-refractivity contribution in [3.05, 3.63) is 65.7 Å². The highest BCUT2D eigenvalue weighted by molar-refractivity contribution is 5.87. The summed E-state index contributed by atoms with van der Waals surface area (Å²) in [7, 11) is 1.64. The first kappa shape index (κ1) is 19.4. The van der Waals surface area contributed by atoms with E-state index in [9.17, 15) is 4.79 Å². The van der Waals surface area contributed by atoms with Crippen molar-refractivity contribution >= 4 is 23.9 Å². The van der Waals surface area contributed by atoms with Gasteiger partial charge in [0.1, 0.15) is 5.75 Å². The highest BCUT2D eigenvalue weighted by Crippen LogP contribution is 2.15. The minimum Gasteiger partial charge on any atom is -0.497 e. The molecule has 0 bridgehead atoms. The Morgan fingerprint density at radius 1 is 1.08 bits per heavy atom. The maximum Gasteiger partial charge on any atom is 0.330 e. The van der Waals surface area contributed by atoms with Crippen molar-refractivity contribution in [2.75, 3.05) is 13.7 Å². The molecule has 136 valence electrons. The second kappa shape index (κ2) is 10.2. The van der Waals surface area contributed by atoms with Gasteiger partial charge in [-0.25, -0.2) is 4.79 Å². The second-order valence-electron chi connectivity index (χ2n) is 6.10. The van der Waals surface area contributed by atoms with Crippen molar-refractivity contribution in [3.63, 3.8) is 0 Å². The average Bonchev–Trinajstić information content (AvgIpc) is 2.70. The van der Waals surface area contributed by atoms with Crippen molar-refractivity contribution < 1.29 is 14.3 Å². The number of carbonyl (C=O) groups excluding carboxylic acids is 1. The lowest BCUT2D eigenvalue weighted by atomic mass is 10.1. The van der Waals surface area contributed by atoms with Gasteiger partial charge >= 0.3 is 5.97 Å². The first-order chi connectivity index (χ1) is 12.6. The molecule has 4 nitrogen and oxygen atoms in total. The molecule has 26 heavy (non-hydrogen) atoms. The van der Waals surface area contributed by atoms with E-state index in [1.54, 1.807) is 19.4 Å². The fourth-order valence-corrected chi connectivity index (χ4v) is 2.07. The molecular formula is C22H25NO3. The molecule has 0 aliphatic rings. The van der Waals surface area contributed by atoms with E-state index in [0.29, 0.717) is 12.5 Å². The summed E-state index contributed by atoms with van der Waals surface area (Å²) in [4.78, 5) is 16.1. The highest BCUT2D eigenvalue weighted by atomic mass is 16.5. The predicted octanol–water partition coefficient (Wildman–Crippen LogP) is 5.05. The molecule has 0 heterocycles. The number of aliphatic imine (C=N–C) groups is 1. The lowest BCUT2D eigenvalue weighted by Crippen LogP contribution is -2.08. The van der Waals surface area contributed by atoms with E-state index in [1.807, 2.05) is 48.5 Å². The second-order valence-corrected chi connectivity index (χ2v) is 6.10. The molecule has 2 aromatic carbocycles. The van der Waals surface area contributed by atoms with Crippen LogP contribution < -0.4 is 4.74 Å². The first-order valence-electron chi connectivity index (χ1n) is 8.73. The third-order valence-electron chi connectivity index (χ3n) is 3.99. The van der Waals surface area contributed by atoms with Gasteiger partial charge in [-0.15, -0.1) is 0 Å². The zero-order chi connectivity index (χ0) is 18.8. The van der Waals surface area contributed by atoms with Crippen LogP contribution in [0.15, 0.2) is 59.6 Å². The van der Waals surface area contributed by atoms with E-state index >= 15 is 0 Å². The Kier molecular flexibility index (Phi) is 7.62. The van der Waals surface area contributed by atoms with Gasteiger partial charge in [-0.3, -0.25) is 4.99 Å². The molecule has 0 aliphatic carbocycles. The van der Waals surface area contributed by atoms with Gasteiger partial charge < -0.3 is 9.47 Å². The molecule has 0 unspecified atom stereocenters. The zero-order valence-corrected chi connectivity index (χ0v) is 15.5. The summed E-state index contributed by atoms with van der Waals surface area (Å²) in [5, 5.41) is 0. The SMILES string of the molecule is CC[C@H](C)COC(=O)/C=C/c1ccc(N=Cc2ccc(OC)cc2)cc1. The number of hydrogen-bond donors (Lipinski definition) is 0. The molecule has 0 spiro atoms. The average molecular weight is 351 g/mol. The molecule has 2 rings (SSSR count). The molecule has 1 atom stereocenters. The van der Waals surface area contributed by atoms with Gasteiger partial charge in [0.25, 0.3) is 0 Å². The normalized spacial score (nSPS) is 12.4. The molecule has 0 aliphatic heterocycles. The molecule has 0 fully saturated rings. The number of rotatable bonds is 8. The molecule has 0 saturated heterocycles. The van der Waals surface area contributed by atoms with Crippen molar-refractivity contribution in [1.29, 1.82) is 0 Å². The minimum absolute atomic E-state index is 0.313. The Morgan fingerprint density at radius 3 is 2.35 bits per heavy atom. The molecule has 0 radical (unpaired) electrons. The maximum absolute atomic E-state index is 11.7. The van der Waals surface area contributed by atoms with E-state index < -0.39 is 0 Å². The van der Waals surface area contributed by atoms with Crippen LogP contribution in [0.3, 0.4) is 0 Å². The number of benzene rings is 2. The van der Waals surface area contributed by atoms with Gasteiger partial charge in [-0.05, 0) is 59.5 Å². The molecule has 0 aromatic heterocycles. The number of nitrogens with zero attached hydrogens (tertiary/aromatic N) is 1. The summed E-state index contributed by atoms with van der Waals surface area (Å²) in [6.45, 7) is 4.59. The highest BCUT2D eigenvalue weighted by Gasteiger charge is 2.02. The summed E-state index contributed by atoms with van der Waals surface area (Å²) < 4.78 is 10.3. The van der Waals surface area contributed by atoms with E-state index in [4.69, 9.17) is 9.47 Å². The summed E-state index contributed by atoms with van der Waals surface area (Å²) in [5.74, 6) is 0.892. The Labute approximate surface area is 155 Å². The van der Waals surface area contributed by atoms with Gasteiger partial charge in [0.2, 0.25) is 0 Å². The van der Waals surface area contributed by atoms with E-state index in [-0.39, 0.29) is 5.97 Å². The Bertz CT molecular complexity index is 746. The largest absolute Gasteiger partial charge is 0.497 e. The van der Waals surface area contributed by atoms with Crippen LogP contribution in [-0.4, -0.2) is 25.9 Å². The summed E-state index contributed by atoms with van der Waals surface area (Å²) >= 11 is 0. The molecule has 2 aromatic rings.